The summed E-state index contributed by atoms with van der Waals surface area (Å²) in [5, 5.41) is 2.45. The molecule has 0 saturated carbocycles. The molecule has 0 aliphatic carbocycles. The van der Waals surface area contributed by atoms with Crippen LogP contribution in [0.2, 0.25) is 0 Å². The lowest BCUT2D eigenvalue weighted by Gasteiger charge is -2.16. The van der Waals surface area contributed by atoms with Crippen molar-refractivity contribution in [2.75, 3.05) is 0 Å². The first-order valence-electron chi connectivity index (χ1n) is 4.07. The molecule has 0 amide bonds. The second-order valence-corrected chi connectivity index (χ2v) is 4.02. The van der Waals surface area contributed by atoms with Crippen molar-refractivity contribution in [1.82, 2.24) is 5.32 Å². The van der Waals surface area contributed by atoms with Crippen LogP contribution >= 0.6 is 15.9 Å². The number of hydrogen-bond donors (Lipinski definition) is 1. The Morgan fingerprint density at radius 3 is 2.71 bits per heavy atom. The Bertz CT molecular complexity index is 362. The Morgan fingerprint density at radius 2 is 2.07 bits per heavy atom. The first-order chi connectivity index (χ1) is 6.50. The van der Waals surface area contributed by atoms with Crippen molar-refractivity contribution >= 4 is 15.9 Å². The monoisotopic (exact) mass is 265 g/mol. The number of hydrogen-bond acceptors (Lipinski definition) is 1. The zero-order chi connectivity index (χ0) is 10.3. The molecule has 0 radical (unpaired) electrons. The van der Waals surface area contributed by atoms with E-state index in [0.717, 1.165) is 0 Å². The van der Waals surface area contributed by atoms with E-state index in [1.807, 2.05) is 0 Å². The molecule has 14 heavy (non-hydrogen) atoms. The minimum atomic E-state index is -4.23. The van der Waals surface area contributed by atoms with Crippen molar-refractivity contribution in [2.45, 2.75) is 18.8 Å². The van der Waals surface area contributed by atoms with E-state index in [-0.39, 0.29) is 6.54 Å². The molecule has 2 rings (SSSR count). The second-order valence-electron chi connectivity index (χ2n) is 3.17. The number of benzene rings is 1. The summed E-state index contributed by atoms with van der Waals surface area (Å²) in [5.74, 6) is 0. The van der Waals surface area contributed by atoms with Gasteiger partial charge in [-0.15, -0.1) is 0 Å². The summed E-state index contributed by atoms with van der Waals surface area (Å²) in [6.45, 7) is 0.277. The van der Waals surface area contributed by atoms with Gasteiger partial charge in [0, 0.05) is 11.0 Å². The first kappa shape index (κ1) is 9.98. The average Bonchev–Trinajstić information content (AvgIpc) is 2.47. The molecule has 1 aliphatic heterocycles. The number of halogens is 4. The highest BCUT2D eigenvalue weighted by Gasteiger charge is 2.45. The highest BCUT2D eigenvalue weighted by Crippen LogP contribution is 2.41. The standard InChI is InChI=1S/C9H7BrF3N/c10-6-3-1-2-5-4-14-8(7(5)6)9(11,12)13/h1-3,8,14H,4H2. The third-order valence-corrected chi connectivity index (χ3v) is 2.95. The van der Waals surface area contributed by atoms with Gasteiger partial charge in [-0.1, -0.05) is 28.1 Å². The normalized spacial score (nSPS) is 21.0. The SMILES string of the molecule is FC(F)(F)C1NCc2cccc(Br)c21. The number of alkyl halides is 3. The molecular weight excluding hydrogens is 259 g/mol. The van der Waals surface area contributed by atoms with Gasteiger partial charge in [-0.3, -0.25) is 5.32 Å². The fourth-order valence-electron chi connectivity index (χ4n) is 1.65. The van der Waals surface area contributed by atoms with Gasteiger partial charge in [-0.05, 0) is 17.2 Å². The van der Waals surface area contributed by atoms with E-state index in [1.54, 1.807) is 18.2 Å². The highest BCUT2D eigenvalue weighted by atomic mass is 79.9. The third kappa shape index (κ3) is 1.54. The molecule has 1 aromatic carbocycles. The molecule has 0 bridgehead atoms. The van der Waals surface area contributed by atoms with Gasteiger partial charge in [-0.25, -0.2) is 0 Å². The molecule has 5 heteroatoms. The molecule has 1 aromatic rings. The molecule has 76 valence electrons. The average molecular weight is 266 g/mol. The van der Waals surface area contributed by atoms with Gasteiger partial charge in [0.15, 0.2) is 0 Å². The van der Waals surface area contributed by atoms with Gasteiger partial charge < -0.3 is 0 Å². The van der Waals surface area contributed by atoms with Crippen LogP contribution in [0.3, 0.4) is 0 Å². The van der Waals surface area contributed by atoms with Gasteiger partial charge in [0.25, 0.3) is 0 Å². The predicted octanol–water partition coefficient (Wildman–Crippen LogP) is 3.16. The summed E-state index contributed by atoms with van der Waals surface area (Å²) in [6, 6.07) is 3.54. The number of nitrogens with one attached hydrogen (secondary N) is 1. The topological polar surface area (TPSA) is 12.0 Å². The van der Waals surface area contributed by atoms with Crippen molar-refractivity contribution < 1.29 is 13.2 Å². The minimum Gasteiger partial charge on any atom is -0.298 e. The van der Waals surface area contributed by atoms with Crippen LogP contribution in [0, 0.1) is 0 Å². The highest BCUT2D eigenvalue weighted by molar-refractivity contribution is 9.10. The summed E-state index contributed by atoms with van der Waals surface area (Å²) in [7, 11) is 0. The van der Waals surface area contributed by atoms with Gasteiger partial charge in [-0.2, -0.15) is 13.2 Å². The van der Waals surface area contributed by atoms with Crippen molar-refractivity contribution in [3.8, 4) is 0 Å². The maximum Gasteiger partial charge on any atom is 0.407 e. The van der Waals surface area contributed by atoms with E-state index >= 15 is 0 Å². The molecule has 1 aliphatic rings. The lowest BCUT2D eigenvalue weighted by atomic mass is 10.1. The van der Waals surface area contributed by atoms with Crippen molar-refractivity contribution in [1.29, 1.82) is 0 Å². The van der Waals surface area contributed by atoms with Crippen LogP contribution in [-0.4, -0.2) is 6.18 Å². The fourth-order valence-corrected chi connectivity index (χ4v) is 2.29. The summed E-state index contributed by atoms with van der Waals surface area (Å²) in [6.07, 6.45) is -4.23. The smallest absolute Gasteiger partial charge is 0.298 e. The Morgan fingerprint density at radius 1 is 1.36 bits per heavy atom. The van der Waals surface area contributed by atoms with E-state index in [2.05, 4.69) is 21.2 Å². The quantitative estimate of drug-likeness (QED) is 0.760. The van der Waals surface area contributed by atoms with Crippen LogP contribution in [0.5, 0.6) is 0 Å². The van der Waals surface area contributed by atoms with Crippen LogP contribution in [0.25, 0.3) is 0 Å². The van der Waals surface area contributed by atoms with E-state index in [0.29, 0.717) is 15.6 Å². The molecule has 1 unspecified atom stereocenters. The molecule has 1 N–H and O–H groups in total. The van der Waals surface area contributed by atoms with E-state index in [9.17, 15) is 13.2 Å². The largest absolute Gasteiger partial charge is 0.407 e. The van der Waals surface area contributed by atoms with Crippen LogP contribution < -0.4 is 5.32 Å². The lowest BCUT2D eigenvalue weighted by Crippen LogP contribution is -2.28. The van der Waals surface area contributed by atoms with Crippen LogP contribution in [0.15, 0.2) is 22.7 Å². The Hall–Kier alpha value is -0.550. The van der Waals surface area contributed by atoms with Crippen molar-refractivity contribution in [2.24, 2.45) is 0 Å². The number of fused-ring (bicyclic) bond motifs is 1. The summed E-state index contributed by atoms with van der Waals surface area (Å²) in [5.41, 5.74) is 1.03. The predicted molar refractivity (Wildman–Crippen MR) is 49.8 cm³/mol. The van der Waals surface area contributed by atoms with Crippen molar-refractivity contribution in [3.05, 3.63) is 33.8 Å². The second kappa shape index (κ2) is 3.24. The van der Waals surface area contributed by atoms with Gasteiger partial charge in [0.05, 0.1) is 0 Å². The summed E-state index contributed by atoms with van der Waals surface area (Å²) >= 11 is 3.14. The molecule has 0 saturated heterocycles. The molecule has 0 fully saturated rings. The number of rotatable bonds is 0. The Labute approximate surface area is 87.4 Å². The molecular formula is C9H7BrF3N. The van der Waals surface area contributed by atoms with Gasteiger partial charge in [0.1, 0.15) is 6.04 Å². The molecule has 1 heterocycles. The zero-order valence-electron chi connectivity index (χ0n) is 7.03. The maximum absolute atomic E-state index is 12.5. The van der Waals surface area contributed by atoms with Crippen LogP contribution in [-0.2, 0) is 6.54 Å². The molecule has 0 aromatic heterocycles. The Kier molecular flexibility index (Phi) is 2.31. The van der Waals surface area contributed by atoms with Gasteiger partial charge in [0.2, 0.25) is 0 Å². The third-order valence-electron chi connectivity index (χ3n) is 2.26. The summed E-state index contributed by atoms with van der Waals surface area (Å²) < 4.78 is 38.1. The molecule has 1 nitrogen and oxygen atoms in total. The van der Waals surface area contributed by atoms with Crippen LogP contribution in [0.1, 0.15) is 17.2 Å². The molecule has 0 spiro atoms. The Balaban J connectivity index is 2.48. The van der Waals surface area contributed by atoms with Crippen LogP contribution in [0.4, 0.5) is 13.2 Å². The minimum absolute atomic E-state index is 0.277. The molecule has 1 atom stereocenters. The van der Waals surface area contributed by atoms with E-state index < -0.39 is 12.2 Å². The summed E-state index contributed by atoms with van der Waals surface area (Å²) in [4.78, 5) is 0. The fraction of sp³-hybridized carbons (Fsp3) is 0.333. The maximum atomic E-state index is 12.5. The van der Waals surface area contributed by atoms with E-state index in [1.165, 1.54) is 0 Å². The lowest BCUT2D eigenvalue weighted by molar-refractivity contribution is -0.155. The van der Waals surface area contributed by atoms with E-state index in [4.69, 9.17) is 0 Å². The van der Waals surface area contributed by atoms with Crippen molar-refractivity contribution in [3.63, 3.8) is 0 Å². The zero-order valence-corrected chi connectivity index (χ0v) is 8.61. The first-order valence-corrected chi connectivity index (χ1v) is 4.87. The van der Waals surface area contributed by atoms with Gasteiger partial charge >= 0.3 is 6.18 Å².